The van der Waals surface area contributed by atoms with Gasteiger partial charge in [0.2, 0.25) is 0 Å². The highest BCUT2D eigenvalue weighted by atomic mass is 16.6. The molecule has 0 heterocycles. The second-order valence-electron chi connectivity index (χ2n) is 3.78. The van der Waals surface area contributed by atoms with Gasteiger partial charge < -0.3 is 9.47 Å². The Morgan fingerprint density at radius 1 is 1.12 bits per heavy atom. The molecule has 16 heavy (non-hydrogen) atoms. The van der Waals surface area contributed by atoms with Crippen LogP contribution in [-0.2, 0) is 19.1 Å². The molecular formula is C12H22O4. The van der Waals surface area contributed by atoms with Gasteiger partial charge in [0.1, 0.15) is 0 Å². The predicted octanol–water partition coefficient (Wildman–Crippen LogP) is 2.31. The van der Waals surface area contributed by atoms with Gasteiger partial charge in [-0.05, 0) is 19.8 Å². The Kier molecular flexibility index (Phi) is 7.60. The molecule has 0 aromatic rings. The third-order valence-electron chi connectivity index (χ3n) is 2.30. The molecule has 94 valence electrons. The van der Waals surface area contributed by atoms with Gasteiger partial charge in [-0.2, -0.15) is 0 Å². The van der Waals surface area contributed by atoms with Crippen LogP contribution in [0.4, 0.5) is 0 Å². The van der Waals surface area contributed by atoms with Gasteiger partial charge >= 0.3 is 11.9 Å². The SMILES string of the molecule is CCCC(C)C(=O)OC(CC)C(=O)OCC. The standard InChI is InChI=1S/C12H22O4/c1-5-8-9(4)11(13)16-10(6-2)12(14)15-7-3/h9-10H,5-8H2,1-4H3. The molecule has 0 aliphatic carbocycles. The average molecular weight is 230 g/mol. The Balaban J connectivity index is 4.20. The zero-order chi connectivity index (χ0) is 12.6. The molecule has 0 radical (unpaired) electrons. The maximum atomic E-state index is 11.6. The molecule has 0 saturated heterocycles. The minimum Gasteiger partial charge on any atom is -0.463 e. The minimum absolute atomic E-state index is 0.159. The number of carbonyl (C=O) groups is 2. The minimum atomic E-state index is -0.758. The molecule has 0 N–H and O–H groups in total. The van der Waals surface area contributed by atoms with Crippen LogP contribution in [0.5, 0.6) is 0 Å². The maximum Gasteiger partial charge on any atom is 0.347 e. The Hall–Kier alpha value is -1.06. The van der Waals surface area contributed by atoms with Crippen molar-refractivity contribution in [2.75, 3.05) is 6.61 Å². The molecule has 4 nitrogen and oxygen atoms in total. The number of hydrogen-bond donors (Lipinski definition) is 0. The van der Waals surface area contributed by atoms with E-state index in [9.17, 15) is 9.59 Å². The van der Waals surface area contributed by atoms with E-state index in [1.165, 1.54) is 0 Å². The second kappa shape index (κ2) is 8.13. The second-order valence-corrected chi connectivity index (χ2v) is 3.78. The normalized spacial score (nSPS) is 14.0. The van der Waals surface area contributed by atoms with Crippen LogP contribution in [0.25, 0.3) is 0 Å². The highest BCUT2D eigenvalue weighted by molar-refractivity contribution is 5.80. The van der Waals surface area contributed by atoms with Crippen molar-refractivity contribution in [3.63, 3.8) is 0 Å². The van der Waals surface area contributed by atoms with E-state index >= 15 is 0 Å². The quantitative estimate of drug-likeness (QED) is 0.630. The van der Waals surface area contributed by atoms with Gasteiger partial charge in [0, 0.05) is 0 Å². The topological polar surface area (TPSA) is 52.6 Å². The lowest BCUT2D eigenvalue weighted by Crippen LogP contribution is -2.30. The van der Waals surface area contributed by atoms with E-state index in [0.717, 1.165) is 12.8 Å². The molecule has 0 saturated carbocycles. The van der Waals surface area contributed by atoms with Crippen molar-refractivity contribution in [1.29, 1.82) is 0 Å². The zero-order valence-electron chi connectivity index (χ0n) is 10.6. The predicted molar refractivity (Wildman–Crippen MR) is 60.9 cm³/mol. The number of rotatable bonds is 7. The maximum absolute atomic E-state index is 11.6. The van der Waals surface area contributed by atoms with Crippen LogP contribution < -0.4 is 0 Å². The lowest BCUT2D eigenvalue weighted by molar-refractivity contribution is -0.170. The highest BCUT2D eigenvalue weighted by Crippen LogP contribution is 2.11. The highest BCUT2D eigenvalue weighted by Gasteiger charge is 2.24. The number of carbonyl (C=O) groups excluding carboxylic acids is 2. The molecule has 0 amide bonds. The number of hydrogen-bond acceptors (Lipinski definition) is 4. The van der Waals surface area contributed by atoms with Gasteiger partial charge in [-0.25, -0.2) is 4.79 Å². The van der Waals surface area contributed by atoms with E-state index in [1.54, 1.807) is 13.8 Å². The summed E-state index contributed by atoms with van der Waals surface area (Å²) in [6.07, 6.45) is 1.39. The first-order valence-corrected chi connectivity index (χ1v) is 5.93. The van der Waals surface area contributed by atoms with Gasteiger partial charge in [-0.1, -0.05) is 27.2 Å². The summed E-state index contributed by atoms with van der Waals surface area (Å²) in [6.45, 7) is 7.64. The molecular weight excluding hydrogens is 208 g/mol. The molecule has 0 fully saturated rings. The number of ether oxygens (including phenoxy) is 2. The van der Waals surface area contributed by atoms with Crippen molar-refractivity contribution in [3.05, 3.63) is 0 Å². The number of esters is 2. The van der Waals surface area contributed by atoms with Crippen molar-refractivity contribution in [2.45, 2.75) is 53.1 Å². The van der Waals surface area contributed by atoms with Crippen LogP contribution >= 0.6 is 0 Å². The fraction of sp³-hybridized carbons (Fsp3) is 0.833. The molecule has 0 aromatic carbocycles. The zero-order valence-corrected chi connectivity index (χ0v) is 10.6. The van der Waals surface area contributed by atoms with E-state index in [1.807, 2.05) is 13.8 Å². The molecule has 0 bridgehead atoms. The van der Waals surface area contributed by atoms with Gasteiger partial charge in [0.15, 0.2) is 6.10 Å². The lowest BCUT2D eigenvalue weighted by Gasteiger charge is -2.17. The molecule has 0 aliphatic rings. The smallest absolute Gasteiger partial charge is 0.347 e. The lowest BCUT2D eigenvalue weighted by atomic mass is 10.1. The molecule has 2 unspecified atom stereocenters. The van der Waals surface area contributed by atoms with Crippen LogP contribution in [0.15, 0.2) is 0 Å². The van der Waals surface area contributed by atoms with Gasteiger partial charge in [0.25, 0.3) is 0 Å². The Labute approximate surface area is 97.3 Å². The summed E-state index contributed by atoms with van der Waals surface area (Å²) >= 11 is 0. The van der Waals surface area contributed by atoms with Crippen LogP contribution in [-0.4, -0.2) is 24.6 Å². The summed E-state index contributed by atoms with van der Waals surface area (Å²) in [5, 5.41) is 0. The van der Waals surface area contributed by atoms with Crippen molar-refractivity contribution >= 4 is 11.9 Å². The monoisotopic (exact) mass is 230 g/mol. The third-order valence-corrected chi connectivity index (χ3v) is 2.30. The average Bonchev–Trinajstić information content (AvgIpc) is 2.26. The van der Waals surface area contributed by atoms with Crippen LogP contribution in [0.1, 0.15) is 47.0 Å². The van der Waals surface area contributed by atoms with E-state index in [0.29, 0.717) is 13.0 Å². The summed E-state index contributed by atoms with van der Waals surface area (Å²) in [7, 11) is 0. The summed E-state index contributed by atoms with van der Waals surface area (Å²) in [4.78, 5) is 23.0. The van der Waals surface area contributed by atoms with Crippen LogP contribution in [0.2, 0.25) is 0 Å². The van der Waals surface area contributed by atoms with Crippen molar-refractivity contribution in [1.82, 2.24) is 0 Å². The van der Waals surface area contributed by atoms with Crippen molar-refractivity contribution in [2.24, 2.45) is 5.92 Å². The Morgan fingerprint density at radius 3 is 2.19 bits per heavy atom. The summed E-state index contributed by atoms with van der Waals surface area (Å²) in [5.74, 6) is -0.933. The van der Waals surface area contributed by atoms with Crippen molar-refractivity contribution in [3.8, 4) is 0 Å². The molecule has 4 heteroatoms. The van der Waals surface area contributed by atoms with Gasteiger partial charge in [-0.3, -0.25) is 4.79 Å². The van der Waals surface area contributed by atoms with E-state index in [-0.39, 0.29) is 11.9 Å². The summed E-state index contributed by atoms with van der Waals surface area (Å²) in [5.41, 5.74) is 0. The molecule has 2 atom stereocenters. The van der Waals surface area contributed by atoms with Crippen molar-refractivity contribution < 1.29 is 19.1 Å². The fourth-order valence-corrected chi connectivity index (χ4v) is 1.34. The molecule has 0 spiro atoms. The third kappa shape index (κ3) is 5.14. The van der Waals surface area contributed by atoms with E-state index < -0.39 is 12.1 Å². The largest absolute Gasteiger partial charge is 0.463 e. The molecule has 0 rings (SSSR count). The summed E-state index contributed by atoms with van der Waals surface area (Å²) < 4.78 is 9.93. The first-order chi connectivity index (χ1) is 7.56. The fourth-order valence-electron chi connectivity index (χ4n) is 1.34. The van der Waals surface area contributed by atoms with E-state index in [2.05, 4.69) is 0 Å². The van der Waals surface area contributed by atoms with Gasteiger partial charge in [0.05, 0.1) is 12.5 Å². The molecule has 0 aliphatic heterocycles. The van der Waals surface area contributed by atoms with Crippen LogP contribution in [0.3, 0.4) is 0 Å². The van der Waals surface area contributed by atoms with Crippen LogP contribution in [0, 0.1) is 5.92 Å². The van der Waals surface area contributed by atoms with E-state index in [4.69, 9.17) is 9.47 Å². The summed E-state index contributed by atoms with van der Waals surface area (Å²) in [6, 6.07) is 0. The molecule has 0 aromatic heterocycles. The van der Waals surface area contributed by atoms with Gasteiger partial charge in [-0.15, -0.1) is 0 Å². The Morgan fingerprint density at radius 2 is 1.75 bits per heavy atom. The Bertz CT molecular complexity index is 225. The first kappa shape index (κ1) is 14.9. The first-order valence-electron chi connectivity index (χ1n) is 5.93.